The largest absolute Gasteiger partial charge is 0.481 e. The van der Waals surface area contributed by atoms with Crippen LogP contribution in [0.4, 0.5) is 5.69 Å². The van der Waals surface area contributed by atoms with Crippen molar-refractivity contribution in [3.8, 4) is 0 Å². The summed E-state index contributed by atoms with van der Waals surface area (Å²) in [5.41, 5.74) is 7.44. The van der Waals surface area contributed by atoms with E-state index >= 15 is 0 Å². The first-order valence-electron chi connectivity index (χ1n) is 5.34. The summed E-state index contributed by atoms with van der Waals surface area (Å²) in [5, 5.41) is 9.17. The van der Waals surface area contributed by atoms with Gasteiger partial charge in [-0.1, -0.05) is 12.1 Å². The van der Waals surface area contributed by atoms with Crippen LogP contribution in [0.5, 0.6) is 0 Å². The van der Waals surface area contributed by atoms with E-state index < -0.39 is 5.97 Å². The number of rotatable bonds is 2. The number of aliphatic carboxylic acids is 1. The van der Waals surface area contributed by atoms with Gasteiger partial charge in [0.05, 0.1) is 5.92 Å². The monoisotopic (exact) mass is 220 g/mol. The highest BCUT2D eigenvalue weighted by atomic mass is 16.4. The van der Waals surface area contributed by atoms with E-state index in [1.165, 1.54) is 0 Å². The second kappa shape index (κ2) is 4.14. The molecule has 2 rings (SSSR count). The van der Waals surface area contributed by atoms with Crippen LogP contribution in [0.3, 0.4) is 0 Å². The molecule has 16 heavy (non-hydrogen) atoms. The minimum absolute atomic E-state index is 0.0472. The minimum atomic E-state index is -0.725. The summed E-state index contributed by atoms with van der Waals surface area (Å²) in [6.45, 7) is 1.38. The SMILES string of the molecule is CN1C[C@H](C(=O)O)[C@@H](c2cccc(N)c2)C1. The average Bonchev–Trinajstić information content (AvgIpc) is 2.60. The summed E-state index contributed by atoms with van der Waals surface area (Å²) in [4.78, 5) is 13.2. The van der Waals surface area contributed by atoms with Crippen LogP contribution in [0.2, 0.25) is 0 Å². The van der Waals surface area contributed by atoms with E-state index in [2.05, 4.69) is 0 Å². The molecule has 0 spiro atoms. The molecule has 1 aromatic rings. The lowest BCUT2D eigenvalue weighted by atomic mass is 9.89. The van der Waals surface area contributed by atoms with Crippen molar-refractivity contribution in [1.29, 1.82) is 0 Å². The molecule has 4 heteroatoms. The van der Waals surface area contributed by atoms with Gasteiger partial charge in [-0.2, -0.15) is 0 Å². The number of nitrogen functional groups attached to an aromatic ring is 1. The van der Waals surface area contributed by atoms with E-state index in [1.54, 1.807) is 0 Å². The Balaban J connectivity index is 2.28. The third-order valence-corrected chi connectivity index (χ3v) is 3.16. The fourth-order valence-electron chi connectivity index (χ4n) is 2.38. The third kappa shape index (κ3) is 2.02. The number of nitrogens with zero attached hydrogens (tertiary/aromatic N) is 1. The van der Waals surface area contributed by atoms with Crippen LogP contribution in [-0.2, 0) is 4.79 Å². The number of anilines is 1. The fourth-order valence-corrected chi connectivity index (χ4v) is 2.38. The Hall–Kier alpha value is -1.55. The molecule has 0 aliphatic carbocycles. The van der Waals surface area contributed by atoms with Crippen molar-refractivity contribution in [2.24, 2.45) is 5.92 Å². The Labute approximate surface area is 94.7 Å². The Bertz CT molecular complexity index is 406. The van der Waals surface area contributed by atoms with Crippen molar-refractivity contribution in [3.63, 3.8) is 0 Å². The molecule has 1 aromatic carbocycles. The van der Waals surface area contributed by atoms with E-state index in [0.717, 1.165) is 12.1 Å². The van der Waals surface area contributed by atoms with E-state index in [9.17, 15) is 9.90 Å². The Kier molecular flexibility index (Phi) is 2.83. The number of nitrogens with two attached hydrogens (primary N) is 1. The van der Waals surface area contributed by atoms with E-state index in [-0.39, 0.29) is 11.8 Å². The molecule has 1 fully saturated rings. The fraction of sp³-hybridized carbons (Fsp3) is 0.417. The average molecular weight is 220 g/mol. The number of carboxylic acid groups (broad SMARTS) is 1. The van der Waals surface area contributed by atoms with Gasteiger partial charge in [0.2, 0.25) is 0 Å². The van der Waals surface area contributed by atoms with Gasteiger partial charge < -0.3 is 15.7 Å². The van der Waals surface area contributed by atoms with Gasteiger partial charge in [0.25, 0.3) is 0 Å². The molecular weight excluding hydrogens is 204 g/mol. The van der Waals surface area contributed by atoms with Crippen molar-refractivity contribution in [2.75, 3.05) is 25.9 Å². The number of hydrogen-bond donors (Lipinski definition) is 2. The Morgan fingerprint density at radius 1 is 1.50 bits per heavy atom. The summed E-state index contributed by atoms with van der Waals surface area (Å²) in [6.07, 6.45) is 0. The van der Waals surface area contributed by atoms with Crippen molar-refractivity contribution in [2.45, 2.75) is 5.92 Å². The summed E-state index contributed by atoms with van der Waals surface area (Å²) >= 11 is 0. The number of hydrogen-bond acceptors (Lipinski definition) is 3. The van der Waals surface area contributed by atoms with Gasteiger partial charge in [0.1, 0.15) is 0 Å². The maximum Gasteiger partial charge on any atom is 0.308 e. The van der Waals surface area contributed by atoms with Gasteiger partial charge in [-0.3, -0.25) is 4.79 Å². The maximum absolute atomic E-state index is 11.2. The van der Waals surface area contributed by atoms with Gasteiger partial charge in [-0.15, -0.1) is 0 Å². The molecule has 1 aliphatic heterocycles. The van der Waals surface area contributed by atoms with Crippen molar-refractivity contribution >= 4 is 11.7 Å². The molecule has 1 saturated heterocycles. The van der Waals surface area contributed by atoms with E-state index in [1.807, 2.05) is 36.2 Å². The Morgan fingerprint density at radius 2 is 2.25 bits per heavy atom. The number of likely N-dealkylation sites (N-methyl/N-ethyl adjacent to an activating group) is 1. The van der Waals surface area contributed by atoms with Gasteiger partial charge in [0.15, 0.2) is 0 Å². The van der Waals surface area contributed by atoms with Gasteiger partial charge in [-0.25, -0.2) is 0 Å². The minimum Gasteiger partial charge on any atom is -0.481 e. The van der Waals surface area contributed by atoms with Crippen LogP contribution < -0.4 is 5.73 Å². The topological polar surface area (TPSA) is 66.6 Å². The molecule has 0 saturated carbocycles. The zero-order chi connectivity index (χ0) is 11.7. The highest BCUT2D eigenvalue weighted by Crippen LogP contribution is 2.32. The van der Waals surface area contributed by atoms with Crippen molar-refractivity contribution in [3.05, 3.63) is 29.8 Å². The summed E-state index contributed by atoms with van der Waals surface area (Å²) in [7, 11) is 1.95. The molecule has 2 atom stereocenters. The molecular formula is C12H16N2O2. The van der Waals surface area contributed by atoms with Crippen LogP contribution in [0.25, 0.3) is 0 Å². The van der Waals surface area contributed by atoms with E-state index in [4.69, 9.17) is 5.73 Å². The highest BCUT2D eigenvalue weighted by molar-refractivity contribution is 5.72. The molecule has 3 N–H and O–H groups in total. The molecule has 0 unspecified atom stereocenters. The van der Waals surface area contributed by atoms with Crippen LogP contribution in [0.15, 0.2) is 24.3 Å². The maximum atomic E-state index is 11.2. The first kappa shape index (κ1) is 11.0. The third-order valence-electron chi connectivity index (χ3n) is 3.16. The first-order valence-corrected chi connectivity index (χ1v) is 5.34. The zero-order valence-corrected chi connectivity index (χ0v) is 9.26. The number of carbonyl (C=O) groups is 1. The predicted molar refractivity (Wildman–Crippen MR) is 62.2 cm³/mol. The van der Waals surface area contributed by atoms with Gasteiger partial charge in [0, 0.05) is 24.7 Å². The standard InChI is InChI=1S/C12H16N2O2/c1-14-6-10(11(7-14)12(15)16)8-3-2-4-9(13)5-8/h2-5,10-11H,6-7,13H2,1H3,(H,15,16)/t10-,11+/m1/s1. The number of likely N-dealkylation sites (tertiary alicyclic amines) is 1. The second-order valence-corrected chi connectivity index (χ2v) is 4.44. The lowest BCUT2D eigenvalue weighted by Gasteiger charge is -2.15. The van der Waals surface area contributed by atoms with E-state index in [0.29, 0.717) is 12.2 Å². The molecule has 1 heterocycles. The number of carboxylic acids is 1. The Morgan fingerprint density at radius 3 is 2.88 bits per heavy atom. The van der Waals surface area contributed by atoms with Crippen LogP contribution >= 0.6 is 0 Å². The lowest BCUT2D eigenvalue weighted by Crippen LogP contribution is -2.21. The van der Waals surface area contributed by atoms with Crippen LogP contribution in [-0.4, -0.2) is 36.1 Å². The highest BCUT2D eigenvalue weighted by Gasteiger charge is 2.36. The molecule has 0 amide bonds. The van der Waals surface area contributed by atoms with Crippen LogP contribution in [0, 0.1) is 5.92 Å². The van der Waals surface area contributed by atoms with Crippen molar-refractivity contribution < 1.29 is 9.90 Å². The summed E-state index contributed by atoms with van der Waals surface area (Å²) in [5.74, 6) is -1.01. The quantitative estimate of drug-likeness (QED) is 0.730. The second-order valence-electron chi connectivity index (χ2n) is 4.44. The van der Waals surface area contributed by atoms with Gasteiger partial charge in [-0.05, 0) is 24.7 Å². The zero-order valence-electron chi connectivity index (χ0n) is 9.26. The molecule has 0 radical (unpaired) electrons. The van der Waals surface area contributed by atoms with Crippen LogP contribution in [0.1, 0.15) is 11.5 Å². The summed E-state index contributed by atoms with van der Waals surface area (Å²) in [6, 6.07) is 7.52. The lowest BCUT2D eigenvalue weighted by molar-refractivity contribution is -0.141. The smallest absolute Gasteiger partial charge is 0.308 e. The molecule has 4 nitrogen and oxygen atoms in total. The first-order chi connectivity index (χ1) is 7.58. The molecule has 86 valence electrons. The summed E-state index contributed by atoms with van der Waals surface area (Å²) < 4.78 is 0. The molecule has 0 bridgehead atoms. The predicted octanol–water partition coefficient (Wildman–Crippen LogP) is 0.999. The molecule has 0 aromatic heterocycles. The normalized spacial score (nSPS) is 25.8. The van der Waals surface area contributed by atoms with Crippen molar-refractivity contribution in [1.82, 2.24) is 4.90 Å². The number of benzene rings is 1. The molecule has 1 aliphatic rings. The van der Waals surface area contributed by atoms with Gasteiger partial charge >= 0.3 is 5.97 Å².